The van der Waals surface area contributed by atoms with Gasteiger partial charge in [0.15, 0.2) is 5.11 Å². The summed E-state index contributed by atoms with van der Waals surface area (Å²) in [6.07, 6.45) is 5.71. The van der Waals surface area contributed by atoms with Crippen molar-refractivity contribution >= 4 is 17.3 Å². The molecule has 0 spiro atoms. The molecular weight excluding hydrogens is 246 g/mol. The van der Waals surface area contributed by atoms with E-state index in [1.54, 1.807) is 0 Å². The molecule has 18 heavy (non-hydrogen) atoms. The smallest absolute Gasteiger partial charge is 0.166 e. The van der Waals surface area contributed by atoms with E-state index in [1.165, 1.54) is 30.7 Å². The number of nitrogens with zero attached hydrogens (tertiary/aromatic N) is 2. The number of hydrogen-bond acceptors (Lipinski definition) is 3. The minimum atomic E-state index is 0.691. The van der Waals surface area contributed by atoms with Gasteiger partial charge < -0.3 is 20.5 Å². The monoisotopic (exact) mass is 267 g/mol. The summed E-state index contributed by atoms with van der Waals surface area (Å²) < 4.78 is 2.29. The van der Waals surface area contributed by atoms with Crippen molar-refractivity contribution in [3.63, 3.8) is 0 Å². The van der Waals surface area contributed by atoms with Gasteiger partial charge in [0.05, 0.1) is 12.0 Å². The summed E-state index contributed by atoms with van der Waals surface area (Å²) in [7, 11) is 1.82. The molecule has 0 saturated carbocycles. The first kappa shape index (κ1) is 13.3. The zero-order valence-electron chi connectivity index (χ0n) is 10.8. The number of aromatic nitrogens is 2. The van der Waals surface area contributed by atoms with E-state index in [0.717, 1.165) is 26.2 Å². The second kappa shape index (κ2) is 6.70. The highest BCUT2D eigenvalue weighted by atomic mass is 32.1. The number of aryl methyl sites for hydroxylation is 1. The quantitative estimate of drug-likeness (QED) is 0.533. The summed E-state index contributed by atoms with van der Waals surface area (Å²) >= 11 is 5.00. The van der Waals surface area contributed by atoms with Crippen LogP contribution in [-0.2, 0) is 19.5 Å². The van der Waals surface area contributed by atoms with Crippen LogP contribution in [0.25, 0.3) is 0 Å². The maximum atomic E-state index is 5.00. The van der Waals surface area contributed by atoms with Gasteiger partial charge in [0.1, 0.15) is 0 Å². The SMILES string of the molecule is CNC(=S)NCCNCc1ncn2c1CCCC2. The van der Waals surface area contributed by atoms with Crippen LogP contribution in [0, 0.1) is 0 Å². The van der Waals surface area contributed by atoms with Crippen molar-refractivity contribution < 1.29 is 0 Å². The molecule has 1 aliphatic rings. The van der Waals surface area contributed by atoms with Gasteiger partial charge in [0.25, 0.3) is 0 Å². The number of fused-ring (bicyclic) bond motifs is 1. The third-order valence-corrected chi connectivity index (χ3v) is 3.55. The van der Waals surface area contributed by atoms with E-state index < -0.39 is 0 Å². The molecule has 2 heterocycles. The molecule has 0 fully saturated rings. The molecule has 100 valence electrons. The summed E-state index contributed by atoms with van der Waals surface area (Å²) in [6.45, 7) is 3.68. The number of imidazole rings is 1. The molecule has 1 aromatic rings. The first-order valence-corrected chi connectivity index (χ1v) is 6.91. The topological polar surface area (TPSA) is 53.9 Å². The first-order chi connectivity index (χ1) is 8.81. The van der Waals surface area contributed by atoms with Gasteiger partial charge in [-0.1, -0.05) is 0 Å². The Kier molecular flexibility index (Phi) is 4.95. The Morgan fingerprint density at radius 2 is 2.33 bits per heavy atom. The van der Waals surface area contributed by atoms with Crippen LogP contribution >= 0.6 is 12.2 Å². The standard InChI is InChI=1S/C12H21N5S/c1-13-12(18)15-6-5-14-8-10-11-4-2-3-7-17(11)9-16-10/h9,14H,2-8H2,1H3,(H2,13,15,18). The van der Waals surface area contributed by atoms with Gasteiger partial charge in [-0.05, 0) is 31.5 Å². The van der Waals surface area contributed by atoms with E-state index in [-0.39, 0.29) is 0 Å². The van der Waals surface area contributed by atoms with Crippen molar-refractivity contribution in [3.05, 3.63) is 17.7 Å². The van der Waals surface area contributed by atoms with Crippen LogP contribution in [0.4, 0.5) is 0 Å². The van der Waals surface area contributed by atoms with Crippen LogP contribution in [0.15, 0.2) is 6.33 Å². The second-order valence-electron chi connectivity index (χ2n) is 4.47. The molecule has 1 aromatic heterocycles. The highest BCUT2D eigenvalue weighted by Crippen LogP contribution is 2.17. The molecule has 6 heteroatoms. The van der Waals surface area contributed by atoms with Gasteiger partial charge in [-0.15, -0.1) is 0 Å². The zero-order valence-corrected chi connectivity index (χ0v) is 11.6. The maximum Gasteiger partial charge on any atom is 0.166 e. The summed E-state index contributed by atoms with van der Waals surface area (Å²) in [5, 5.41) is 10.1. The lowest BCUT2D eigenvalue weighted by Crippen LogP contribution is -2.37. The molecule has 3 N–H and O–H groups in total. The molecule has 0 bridgehead atoms. The molecule has 0 atom stereocenters. The molecule has 2 rings (SSSR count). The minimum absolute atomic E-state index is 0.691. The third kappa shape index (κ3) is 3.43. The number of nitrogens with one attached hydrogen (secondary N) is 3. The minimum Gasteiger partial charge on any atom is -0.366 e. The summed E-state index contributed by atoms with van der Waals surface area (Å²) in [4.78, 5) is 4.49. The van der Waals surface area contributed by atoms with Crippen molar-refractivity contribution in [2.45, 2.75) is 32.4 Å². The van der Waals surface area contributed by atoms with Crippen molar-refractivity contribution in [2.24, 2.45) is 0 Å². The fraction of sp³-hybridized carbons (Fsp3) is 0.667. The van der Waals surface area contributed by atoms with E-state index in [0.29, 0.717) is 5.11 Å². The van der Waals surface area contributed by atoms with Gasteiger partial charge >= 0.3 is 0 Å². The lowest BCUT2D eigenvalue weighted by atomic mass is 10.1. The second-order valence-corrected chi connectivity index (χ2v) is 4.88. The van der Waals surface area contributed by atoms with Crippen LogP contribution in [0.2, 0.25) is 0 Å². The molecule has 1 aliphatic heterocycles. The Morgan fingerprint density at radius 1 is 1.44 bits per heavy atom. The van der Waals surface area contributed by atoms with Crippen LogP contribution in [-0.4, -0.2) is 34.8 Å². The number of thiocarbonyl (C=S) groups is 1. The molecule has 0 aromatic carbocycles. The van der Waals surface area contributed by atoms with Gasteiger partial charge in [-0.3, -0.25) is 0 Å². The van der Waals surface area contributed by atoms with E-state index >= 15 is 0 Å². The van der Waals surface area contributed by atoms with Gasteiger partial charge in [0.2, 0.25) is 0 Å². The average molecular weight is 267 g/mol. The number of hydrogen-bond donors (Lipinski definition) is 3. The molecule has 0 saturated heterocycles. The lowest BCUT2D eigenvalue weighted by Gasteiger charge is -2.15. The largest absolute Gasteiger partial charge is 0.366 e. The van der Waals surface area contributed by atoms with E-state index in [4.69, 9.17) is 12.2 Å². The average Bonchev–Trinajstić information content (AvgIpc) is 2.81. The highest BCUT2D eigenvalue weighted by Gasteiger charge is 2.13. The van der Waals surface area contributed by atoms with Crippen molar-refractivity contribution in [1.29, 1.82) is 0 Å². The van der Waals surface area contributed by atoms with Gasteiger partial charge in [0, 0.05) is 38.9 Å². The fourth-order valence-electron chi connectivity index (χ4n) is 2.21. The maximum absolute atomic E-state index is 5.00. The molecule has 0 unspecified atom stereocenters. The van der Waals surface area contributed by atoms with E-state index in [2.05, 4.69) is 25.5 Å². The molecule has 0 radical (unpaired) electrons. The number of rotatable bonds is 5. The summed E-state index contributed by atoms with van der Waals surface area (Å²) in [6, 6.07) is 0. The van der Waals surface area contributed by atoms with Gasteiger partial charge in [-0.2, -0.15) is 0 Å². The first-order valence-electron chi connectivity index (χ1n) is 6.50. The van der Waals surface area contributed by atoms with Crippen molar-refractivity contribution in [2.75, 3.05) is 20.1 Å². The Morgan fingerprint density at radius 3 is 3.17 bits per heavy atom. The Hall–Kier alpha value is -1.14. The molecule has 5 nitrogen and oxygen atoms in total. The zero-order chi connectivity index (χ0) is 12.8. The highest BCUT2D eigenvalue weighted by molar-refractivity contribution is 7.80. The van der Waals surface area contributed by atoms with Crippen LogP contribution in [0.1, 0.15) is 24.2 Å². The normalized spacial score (nSPS) is 14.1. The molecule has 0 aliphatic carbocycles. The van der Waals surface area contributed by atoms with E-state index in [1.807, 2.05) is 13.4 Å². The van der Waals surface area contributed by atoms with Crippen molar-refractivity contribution in [3.8, 4) is 0 Å². The third-order valence-electron chi connectivity index (χ3n) is 3.20. The fourth-order valence-corrected chi connectivity index (χ4v) is 2.31. The van der Waals surface area contributed by atoms with Crippen molar-refractivity contribution in [1.82, 2.24) is 25.5 Å². The van der Waals surface area contributed by atoms with Gasteiger partial charge in [-0.25, -0.2) is 4.98 Å². The Bertz CT molecular complexity index is 401. The Labute approximate surface area is 113 Å². The lowest BCUT2D eigenvalue weighted by molar-refractivity contribution is 0.526. The van der Waals surface area contributed by atoms with Crippen LogP contribution < -0.4 is 16.0 Å². The molecular formula is C12H21N5S. The molecule has 0 amide bonds. The Balaban J connectivity index is 1.70. The van der Waals surface area contributed by atoms with Crippen LogP contribution in [0.5, 0.6) is 0 Å². The predicted octanol–water partition coefficient (Wildman–Crippen LogP) is 0.403. The van der Waals surface area contributed by atoms with E-state index in [9.17, 15) is 0 Å². The van der Waals surface area contributed by atoms with Crippen LogP contribution in [0.3, 0.4) is 0 Å². The summed E-state index contributed by atoms with van der Waals surface area (Å²) in [5.41, 5.74) is 2.61. The summed E-state index contributed by atoms with van der Waals surface area (Å²) in [5.74, 6) is 0. The predicted molar refractivity (Wildman–Crippen MR) is 76.5 cm³/mol.